The Morgan fingerprint density at radius 2 is 1.91 bits per heavy atom. The van der Waals surface area contributed by atoms with Crippen LogP contribution in [0.5, 0.6) is 0 Å². The summed E-state index contributed by atoms with van der Waals surface area (Å²) in [6, 6.07) is -0.00935. The van der Waals surface area contributed by atoms with Crippen molar-refractivity contribution < 1.29 is 4.79 Å². The van der Waals surface area contributed by atoms with Crippen LogP contribution in [0.1, 0.15) is 20.3 Å². The maximum atomic E-state index is 11.1. The van der Waals surface area contributed by atoms with Gasteiger partial charge in [0.15, 0.2) is 0 Å². The first-order valence-corrected chi connectivity index (χ1v) is 3.91. The van der Waals surface area contributed by atoms with E-state index in [4.69, 9.17) is 5.73 Å². The van der Waals surface area contributed by atoms with Gasteiger partial charge < -0.3 is 10.6 Å². The minimum atomic E-state index is -0.00935. The molecular formula is C8H18N2O. The highest BCUT2D eigenvalue weighted by Gasteiger charge is 2.13. The van der Waals surface area contributed by atoms with Crippen molar-refractivity contribution in [1.82, 2.24) is 4.90 Å². The molecule has 0 fully saturated rings. The molecule has 0 aliphatic carbocycles. The van der Waals surface area contributed by atoms with Gasteiger partial charge in [-0.1, -0.05) is 13.8 Å². The van der Waals surface area contributed by atoms with Gasteiger partial charge >= 0.3 is 0 Å². The van der Waals surface area contributed by atoms with E-state index in [2.05, 4.69) is 0 Å². The van der Waals surface area contributed by atoms with E-state index in [0.29, 0.717) is 12.3 Å². The fourth-order valence-corrected chi connectivity index (χ4v) is 0.620. The molecule has 3 heteroatoms. The van der Waals surface area contributed by atoms with E-state index in [9.17, 15) is 4.79 Å². The molecule has 0 bridgehead atoms. The molecular weight excluding hydrogens is 140 g/mol. The lowest BCUT2D eigenvalue weighted by molar-refractivity contribution is -0.129. The van der Waals surface area contributed by atoms with Crippen molar-refractivity contribution in [3.8, 4) is 0 Å². The summed E-state index contributed by atoms with van der Waals surface area (Å²) < 4.78 is 0. The monoisotopic (exact) mass is 158 g/mol. The lowest BCUT2D eigenvalue weighted by atomic mass is 10.0. The molecule has 1 amide bonds. The van der Waals surface area contributed by atoms with E-state index in [0.717, 1.165) is 0 Å². The first-order valence-electron chi connectivity index (χ1n) is 3.91. The summed E-state index contributed by atoms with van der Waals surface area (Å²) in [6.07, 6.45) is 0.449. The smallest absolute Gasteiger partial charge is 0.223 e. The number of carbonyl (C=O) groups is 1. The number of nitrogens with zero attached hydrogens (tertiary/aromatic N) is 1. The van der Waals surface area contributed by atoms with E-state index in [1.54, 1.807) is 19.0 Å². The zero-order valence-electron chi connectivity index (χ0n) is 7.79. The third-order valence-corrected chi connectivity index (χ3v) is 1.77. The second-order valence-electron chi connectivity index (χ2n) is 3.40. The third kappa shape index (κ3) is 3.98. The Balaban J connectivity index is 3.76. The Morgan fingerprint density at radius 1 is 1.45 bits per heavy atom. The van der Waals surface area contributed by atoms with Gasteiger partial charge in [-0.25, -0.2) is 0 Å². The van der Waals surface area contributed by atoms with E-state index in [1.807, 2.05) is 13.8 Å². The lowest BCUT2D eigenvalue weighted by Crippen LogP contribution is -2.34. The van der Waals surface area contributed by atoms with Crippen LogP contribution in [0.25, 0.3) is 0 Å². The summed E-state index contributed by atoms with van der Waals surface area (Å²) in [5.41, 5.74) is 5.71. The molecule has 0 radical (unpaired) electrons. The van der Waals surface area contributed by atoms with Gasteiger partial charge in [-0.15, -0.1) is 0 Å². The summed E-state index contributed by atoms with van der Waals surface area (Å²) >= 11 is 0. The van der Waals surface area contributed by atoms with Gasteiger partial charge in [0.25, 0.3) is 0 Å². The molecule has 0 unspecified atom stereocenters. The number of hydrogen-bond acceptors (Lipinski definition) is 2. The molecule has 0 aromatic rings. The van der Waals surface area contributed by atoms with Crippen LogP contribution in [-0.2, 0) is 4.79 Å². The summed E-state index contributed by atoms with van der Waals surface area (Å²) in [5, 5.41) is 0. The van der Waals surface area contributed by atoms with Gasteiger partial charge in [-0.05, 0) is 5.92 Å². The van der Waals surface area contributed by atoms with Crippen molar-refractivity contribution in [3.63, 3.8) is 0 Å². The van der Waals surface area contributed by atoms with Gasteiger partial charge in [-0.3, -0.25) is 4.79 Å². The van der Waals surface area contributed by atoms with E-state index < -0.39 is 0 Å². The number of rotatable bonds is 3. The highest BCUT2D eigenvalue weighted by Crippen LogP contribution is 2.03. The van der Waals surface area contributed by atoms with Crippen molar-refractivity contribution in [3.05, 3.63) is 0 Å². The molecule has 3 nitrogen and oxygen atoms in total. The molecule has 1 atom stereocenters. The minimum absolute atomic E-state index is 0.00935. The number of carbonyl (C=O) groups excluding carboxylic acids is 1. The molecule has 0 rings (SSSR count). The normalized spacial score (nSPS) is 13.3. The molecule has 0 aromatic heterocycles. The first kappa shape index (κ1) is 10.4. The van der Waals surface area contributed by atoms with Gasteiger partial charge in [0.2, 0.25) is 5.91 Å². The molecule has 0 saturated carbocycles. The molecule has 66 valence electrons. The summed E-state index contributed by atoms with van der Waals surface area (Å²) in [5.74, 6) is 0.477. The molecule has 0 spiro atoms. The molecule has 0 heterocycles. The van der Waals surface area contributed by atoms with Crippen LogP contribution in [0.15, 0.2) is 0 Å². The van der Waals surface area contributed by atoms with Crippen LogP contribution in [0.4, 0.5) is 0 Å². The molecule has 0 saturated heterocycles. The maximum absolute atomic E-state index is 11.1. The highest BCUT2D eigenvalue weighted by atomic mass is 16.2. The molecule has 2 N–H and O–H groups in total. The van der Waals surface area contributed by atoms with Gasteiger partial charge in [0.05, 0.1) is 0 Å². The number of hydrogen-bond donors (Lipinski definition) is 1. The quantitative estimate of drug-likeness (QED) is 0.648. The Labute approximate surface area is 68.6 Å². The maximum Gasteiger partial charge on any atom is 0.223 e. The fraction of sp³-hybridized carbons (Fsp3) is 0.875. The lowest BCUT2D eigenvalue weighted by Gasteiger charge is -2.17. The SMILES string of the molecule is CC(C)[C@H](N)CC(=O)N(C)C. The molecule has 11 heavy (non-hydrogen) atoms. The van der Waals surface area contributed by atoms with Crippen molar-refractivity contribution in [2.45, 2.75) is 26.3 Å². The topological polar surface area (TPSA) is 46.3 Å². The average Bonchev–Trinajstić information content (AvgIpc) is 1.87. The van der Waals surface area contributed by atoms with Crippen molar-refractivity contribution in [1.29, 1.82) is 0 Å². The van der Waals surface area contributed by atoms with Crippen LogP contribution in [0.2, 0.25) is 0 Å². The van der Waals surface area contributed by atoms with Gasteiger partial charge in [0, 0.05) is 26.6 Å². The van der Waals surface area contributed by atoms with Crippen LogP contribution in [-0.4, -0.2) is 30.9 Å². The average molecular weight is 158 g/mol. The number of nitrogens with two attached hydrogens (primary N) is 1. The highest BCUT2D eigenvalue weighted by molar-refractivity contribution is 5.76. The standard InChI is InChI=1S/C8H18N2O/c1-6(2)7(9)5-8(11)10(3)4/h6-7H,5,9H2,1-4H3/t7-/m1/s1. The van der Waals surface area contributed by atoms with Crippen LogP contribution < -0.4 is 5.73 Å². The van der Waals surface area contributed by atoms with Crippen LogP contribution >= 0.6 is 0 Å². The van der Waals surface area contributed by atoms with Gasteiger partial charge in [0.1, 0.15) is 0 Å². The van der Waals surface area contributed by atoms with Crippen molar-refractivity contribution in [2.24, 2.45) is 11.7 Å². The number of amides is 1. The Morgan fingerprint density at radius 3 is 2.18 bits per heavy atom. The second-order valence-corrected chi connectivity index (χ2v) is 3.40. The summed E-state index contributed by atoms with van der Waals surface area (Å²) in [4.78, 5) is 12.7. The predicted molar refractivity (Wildman–Crippen MR) is 46.1 cm³/mol. The second kappa shape index (κ2) is 4.34. The third-order valence-electron chi connectivity index (χ3n) is 1.77. The zero-order chi connectivity index (χ0) is 9.02. The van der Waals surface area contributed by atoms with E-state index >= 15 is 0 Å². The van der Waals surface area contributed by atoms with Crippen LogP contribution in [0, 0.1) is 5.92 Å². The largest absolute Gasteiger partial charge is 0.349 e. The Kier molecular flexibility index (Phi) is 4.11. The summed E-state index contributed by atoms with van der Waals surface area (Å²) in [7, 11) is 3.49. The van der Waals surface area contributed by atoms with Gasteiger partial charge in [-0.2, -0.15) is 0 Å². The molecule has 0 aliphatic heterocycles. The summed E-state index contributed by atoms with van der Waals surface area (Å²) in [6.45, 7) is 4.04. The van der Waals surface area contributed by atoms with Crippen molar-refractivity contribution in [2.75, 3.05) is 14.1 Å². The van der Waals surface area contributed by atoms with E-state index in [-0.39, 0.29) is 11.9 Å². The fourth-order valence-electron chi connectivity index (χ4n) is 0.620. The predicted octanol–water partition coefficient (Wildman–Crippen LogP) is 0.448. The van der Waals surface area contributed by atoms with E-state index in [1.165, 1.54) is 0 Å². The van der Waals surface area contributed by atoms with Crippen molar-refractivity contribution >= 4 is 5.91 Å². The Bertz CT molecular complexity index is 132. The minimum Gasteiger partial charge on any atom is -0.349 e. The van der Waals surface area contributed by atoms with Crippen LogP contribution in [0.3, 0.4) is 0 Å². The Hall–Kier alpha value is -0.570. The first-order chi connectivity index (χ1) is 4.95. The zero-order valence-corrected chi connectivity index (χ0v) is 7.79. The molecule has 0 aromatic carbocycles. The molecule has 0 aliphatic rings.